The lowest BCUT2D eigenvalue weighted by Gasteiger charge is -2.29. The van der Waals surface area contributed by atoms with E-state index in [1.54, 1.807) is 13.0 Å². The number of ketones is 1. The van der Waals surface area contributed by atoms with Crippen LogP contribution in [-0.2, 0) is 4.79 Å². The van der Waals surface area contributed by atoms with Crippen LogP contribution < -0.4 is 0 Å². The van der Waals surface area contributed by atoms with E-state index in [0.29, 0.717) is 12.8 Å². The SMILES string of the molecule is CC1(O)CCC(=O)C=C1c1ccc(Br)cc1. The first kappa shape index (κ1) is 11.6. The van der Waals surface area contributed by atoms with Crippen LogP contribution in [0.15, 0.2) is 34.8 Å². The first-order chi connectivity index (χ1) is 7.49. The summed E-state index contributed by atoms with van der Waals surface area (Å²) < 4.78 is 0.985. The molecule has 1 aliphatic carbocycles. The first-order valence-electron chi connectivity index (χ1n) is 5.22. The molecule has 1 aromatic rings. The van der Waals surface area contributed by atoms with Crippen molar-refractivity contribution in [2.45, 2.75) is 25.4 Å². The van der Waals surface area contributed by atoms with Crippen molar-refractivity contribution in [3.05, 3.63) is 40.4 Å². The summed E-state index contributed by atoms with van der Waals surface area (Å²) in [6.45, 7) is 1.76. The number of allylic oxidation sites excluding steroid dienone is 1. The summed E-state index contributed by atoms with van der Waals surface area (Å²) in [6, 6.07) is 7.63. The molecule has 0 aliphatic heterocycles. The molecule has 0 saturated heterocycles. The van der Waals surface area contributed by atoms with Gasteiger partial charge in [-0.3, -0.25) is 4.79 Å². The number of aliphatic hydroxyl groups is 1. The molecule has 1 aromatic carbocycles. The molecular weight excluding hydrogens is 268 g/mol. The van der Waals surface area contributed by atoms with Crippen LogP contribution in [0.4, 0.5) is 0 Å². The Hall–Kier alpha value is -0.930. The predicted molar refractivity (Wildman–Crippen MR) is 67.0 cm³/mol. The molecule has 0 spiro atoms. The van der Waals surface area contributed by atoms with Gasteiger partial charge < -0.3 is 5.11 Å². The second-order valence-electron chi connectivity index (χ2n) is 4.31. The molecule has 2 nitrogen and oxygen atoms in total. The molecule has 0 aromatic heterocycles. The lowest BCUT2D eigenvalue weighted by atomic mass is 9.81. The number of carbonyl (C=O) groups excluding carboxylic acids is 1. The smallest absolute Gasteiger partial charge is 0.156 e. The fraction of sp³-hybridized carbons (Fsp3) is 0.308. The molecule has 0 amide bonds. The third-order valence-electron chi connectivity index (χ3n) is 2.90. The Kier molecular flexibility index (Phi) is 3.00. The molecule has 1 atom stereocenters. The van der Waals surface area contributed by atoms with E-state index in [0.717, 1.165) is 15.6 Å². The van der Waals surface area contributed by atoms with E-state index in [1.807, 2.05) is 24.3 Å². The molecule has 0 saturated carbocycles. The number of benzene rings is 1. The maximum atomic E-state index is 11.4. The summed E-state index contributed by atoms with van der Waals surface area (Å²) >= 11 is 3.36. The zero-order valence-corrected chi connectivity index (χ0v) is 10.6. The molecule has 16 heavy (non-hydrogen) atoms. The number of hydrogen-bond donors (Lipinski definition) is 1. The zero-order valence-electron chi connectivity index (χ0n) is 9.03. The standard InChI is InChI=1S/C13H13BrO2/c1-13(16)7-6-11(15)8-12(13)9-2-4-10(14)5-3-9/h2-5,8,16H,6-7H2,1H3. The van der Waals surface area contributed by atoms with Crippen molar-refractivity contribution >= 4 is 27.3 Å². The van der Waals surface area contributed by atoms with Gasteiger partial charge in [-0.15, -0.1) is 0 Å². The maximum Gasteiger partial charge on any atom is 0.156 e. The Morgan fingerprint density at radius 2 is 1.94 bits per heavy atom. The fourth-order valence-corrected chi connectivity index (χ4v) is 2.18. The lowest BCUT2D eigenvalue weighted by Crippen LogP contribution is -2.30. The predicted octanol–water partition coefficient (Wildman–Crippen LogP) is 2.95. The van der Waals surface area contributed by atoms with Crippen LogP contribution in [0.3, 0.4) is 0 Å². The Labute approximate surface area is 103 Å². The molecule has 0 bridgehead atoms. The summed E-state index contributed by atoms with van der Waals surface area (Å²) in [7, 11) is 0. The van der Waals surface area contributed by atoms with Gasteiger partial charge in [-0.2, -0.15) is 0 Å². The number of hydrogen-bond acceptors (Lipinski definition) is 2. The molecule has 0 heterocycles. The fourth-order valence-electron chi connectivity index (χ4n) is 1.91. The van der Waals surface area contributed by atoms with E-state index in [-0.39, 0.29) is 5.78 Å². The third kappa shape index (κ3) is 2.25. The first-order valence-corrected chi connectivity index (χ1v) is 6.02. The number of halogens is 1. The lowest BCUT2D eigenvalue weighted by molar-refractivity contribution is -0.116. The molecule has 1 aliphatic rings. The Morgan fingerprint density at radius 3 is 2.56 bits per heavy atom. The number of rotatable bonds is 1. The normalized spacial score (nSPS) is 25.4. The average molecular weight is 281 g/mol. The molecule has 0 radical (unpaired) electrons. The van der Waals surface area contributed by atoms with Crippen molar-refractivity contribution < 1.29 is 9.90 Å². The Balaban J connectivity index is 2.45. The van der Waals surface area contributed by atoms with Crippen molar-refractivity contribution in [3.8, 4) is 0 Å². The van der Waals surface area contributed by atoms with Crippen molar-refractivity contribution in [2.75, 3.05) is 0 Å². The highest BCUT2D eigenvalue weighted by Gasteiger charge is 2.31. The minimum Gasteiger partial charge on any atom is -0.385 e. The van der Waals surface area contributed by atoms with E-state index >= 15 is 0 Å². The van der Waals surface area contributed by atoms with Crippen LogP contribution in [0, 0.1) is 0 Å². The van der Waals surface area contributed by atoms with E-state index in [2.05, 4.69) is 15.9 Å². The van der Waals surface area contributed by atoms with Crippen molar-refractivity contribution in [1.82, 2.24) is 0 Å². The van der Waals surface area contributed by atoms with Crippen molar-refractivity contribution in [2.24, 2.45) is 0 Å². The molecule has 1 unspecified atom stereocenters. The van der Waals surface area contributed by atoms with Gasteiger partial charge in [0.25, 0.3) is 0 Å². The van der Waals surface area contributed by atoms with E-state index in [9.17, 15) is 9.90 Å². The third-order valence-corrected chi connectivity index (χ3v) is 3.43. The van der Waals surface area contributed by atoms with Gasteiger partial charge in [0.2, 0.25) is 0 Å². The van der Waals surface area contributed by atoms with Crippen LogP contribution in [0.1, 0.15) is 25.3 Å². The molecule has 3 heteroatoms. The van der Waals surface area contributed by atoms with Gasteiger partial charge in [0, 0.05) is 10.9 Å². The van der Waals surface area contributed by atoms with Crippen LogP contribution in [0.5, 0.6) is 0 Å². The van der Waals surface area contributed by atoms with Crippen LogP contribution in [0.25, 0.3) is 5.57 Å². The van der Waals surface area contributed by atoms with E-state index < -0.39 is 5.60 Å². The molecular formula is C13H13BrO2. The van der Waals surface area contributed by atoms with Crippen LogP contribution >= 0.6 is 15.9 Å². The minimum absolute atomic E-state index is 0.0874. The van der Waals surface area contributed by atoms with Crippen molar-refractivity contribution in [1.29, 1.82) is 0 Å². The molecule has 0 fully saturated rings. The second kappa shape index (κ2) is 4.15. The van der Waals surface area contributed by atoms with E-state index in [1.165, 1.54) is 0 Å². The monoisotopic (exact) mass is 280 g/mol. The summed E-state index contributed by atoms with van der Waals surface area (Å²) in [5, 5.41) is 10.2. The Morgan fingerprint density at radius 1 is 1.31 bits per heavy atom. The molecule has 1 N–H and O–H groups in total. The summed E-state index contributed by atoms with van der Waals surface area (Å²) in [4.78, 5) is 11.4. The van der Waals surface area contributed by atoms with Gasteiger partial charge in [-0.25, -0.2) is 0 Å². The van der Waals surface area contributed by atoms with Gasteiger partial charge in [0.15, 0.2) is 5.78 Å². The number of carbonyl (C=O) groups is 1. The Bertz CT molecular complexity index is 444. The summed E-state index contributed by atoms with van der Waals surface area (Å²) in [6.07, 6.45) is 2.48. The summed E-state index contributed by atoms with van der Waals surface area (Å²) in [5.74, 6) is 0.0874. The highest BCUT2D eigenvalue weighted by molar-refractivity contribution is 9.10. The van der Waals surface area contributed by atoms with Crippen LogP contribution in [-0.4, -0.2) is 16.5 Å². The molecule has 2 rings (SSSR count). The minimum atomic E-state index is -0.901. The zero-order chi connectivity index (χ0) is 11.8. The van der Waals surface area contributed by atoms with Crippen molar-refractivity contribution in [3.63, 3.8) is 0 Å². The van der Waals surface area contributed by atoms with Gasteiger partial charge in [0.05, 0.1) is 5.60 Å². The molecule has 84 valence electrons. The summed E-state index contributed by atoms with van der Waals surface area (Å²) in [5.41, 5.74) is 0.722. The van der Waals surface area contributed by atoms with Crippen LogP contribution in [0.2, 0.25) is 0 Å². The largest absolute Gasteiger partial charge is 0.385 e. The van der Waals surface area contributed by atoms with Gasteiger partial charge in [0.1, 0.15) is 0 Å². The highest BCUT2D eigenvalue weighted by atomic mass is 79.9. The van der Waals surface area contributed by atoms with Gasteiger partial charge in [-0.05, 0) is 42.7 Å². The average Bonchev–Trinajstić information content (AvgIpc) is 2.23. The van der Waals surface area contributed by atoms with E-state index in [4.69, 9.17) is 0 Å². The quantitative estimate of drug-likeness (QED) is 0.859. The van der Waals surface area contributed by atoms with Gasteiger partial charge >= 0.3 is 0 Å². The topological polar surface area (TPSA) is 37.3 Å². The van der Waals surface area contributed by atoms with Gasteiger partial charge in [-0.1, -0.05) is 28.1 Å². The second-order valence-corrected chi connectivity index (χ2v) is 5.22. The highest BCUT2D eigenvalue weighted by Crippen LogP contribution is 2.34. The maximum absolute atomic E-state index is 11.4.